The zero-order valence-electron chi connectivity index (χ0n) is 11.2. The highest BCUT2D eigenvalue weighted by Crippen LogP contribution is 2.23. The number of benzene rings is 1. The molecule has 5 heteroatoms. The molecular weight excluding hydrogens is 284 g/mol. The Hall–Kier alpha value is -1.16. The number of hydrogen-bond acceptors (Lipinski definition) is 1. The van der Waals surface area contributed by atoms with Gasteiger partial charge in [0.1, 0.15) is 0 Å². The molecule has 0 spiro atoms. The van der Waals surface area contributed by atoms with E-state index in [-0.39, 0.29) is 18.4 Å². The van der Waals surface area contributed by atoms with Crippen molar-refractivity contribution in [3.8, 4) is 0 Å². The summed E-state index contributed by atoms with van der Waals surface area (Å²) in [6.07, 6.45) is 3.92. The van der Waals surface area contributed by atoms with Crippen molar-refractivity contribution in [3.05, 3.63) is 35.4 Å². The van der Waals surface area contributed by atoms with Gasteiger partial charge in [-0.05, 0) is 43.4 Å². The van der Waals surface area contributed by atoms with Crippen LogP contribution in [0, 0.1) is 11.6 Å². The molecule has 1 aliphatic rings. The van der Waals surface area contributed by atoms with Crippen molar-refractivity contribution in [2.75, 3.05) is 12.4 Å². The van der Waals surface area contributed by atoms with Crippen molar-refractivity contribution in [2.24, 2.45) is 0 Å². The van der Waals surface area contributed by atoms with Crippen LogP contribution in [0.1, 0.15) is 31.2 Å². The standard InChI is InChI=1S/C15H18ClF2NO/c16-7-1-3-12-4-2-8-19(12)15(20)10-11-5-6-13(17)14(18)9-11/h5-6,9,12H,1-4,7-8,10H2. The van der Waals surface area contributed by atoms with Crippen LogP contribution in [-0.4, -0.2) is 29.3 Å². The highest BCUT2D eigenvalue weighted by molar-refractivity contribution is 6.17. The second-order valence-corrected chi connectivity index (χ2v) is 5.52. The molecule has 1 saturated heterocycles. The van der Waals surface area contributed by atoms with Gasteiger partial charge in [-0.25, -0.2) is 8.78 Å². The van der Waals surface area contributed by atoms with Crippen LogP contribution >= 0.6 is 11.6 Å². The summed E-state index contributed by atoms with van der Waals surface area (Å²) in [5.74, 6) is -1.22. The SMILES string of the molecule is O=C(Cc1ccc(F)c(F)c1)N1CCCC1CCCCl. The molecule has 2 rings (SSSR count). The molecule has 1 aromatic rings. The number of nitrogens with zero attached hydrogens (tertiary/aromatic N) is 1. The maximum atomic E-state index is 13.1. The average Bonchev–Trinajstić information content (AvgIpc) is 2.89. The zero-order chi connectivity index (χ0) is 14.5. The molecule has 1 aliphatic heterocycles. The van der Waals surface area contributed by atoms with Gasteiger partial charge in [0.15, 0.2) is 11.6 Å². The van der Waals surface area contributed by atoms with Crippen LogP contribution in [0.15, 0.2) is 18.2 Å². The van der Waals surface area contributed by atoms with E-state index < -0.39 is 11.6 Å². The Morgan fingerprint density at radius 3 is 2.85 bits per heavy atom. The molecule has 1 atom stereocenters. The molecule has 1 unspecified atom stereocenters. The van der Waals surface area contributed by atoms with Crippen LogP contribution in [0.2, 0.25) is 0 Å². The van der Waals surface area contributed by atoms with Gasteiger partial charge in [-0.15, -0.1) is 11.6 Å². The summed E-state index contributed by atoms with van der Waals surface area (Å²) in [5, 5.41) is 0. The fourth-order valence-electron chi connectivity index (χ4n) is 2.70. The number of likely N-dealkylation sites (tertiary alicyclic amines) is 1. The fourth-order valence-corrected chi connectivity index (χ4v) is 2.86. The Kier molecular flexibility index (Phi) is 5.35. The van der Waals surface area contributed by atoms with Crippen molar-refractivity contribution in [3.63, 3.8) is 0 Å². The van der Waals surface area contributed by atoms with Gasteiger partial charge in [0.2, 0.25) is 5.91 Å². The van der Waals surface area contributed by atoms with Crippen LogP contribution in [0.5, 0.6) is 0 Å². The number of carbonyl (C=O) groups is 1. The van der Waals surface area contributed by atoms with Gasteiger partial charge < -0.3 is 4.90 Å². The first-order valence-electron chi connectivity index (χ1n) is 6.91. The Morgan fingerprint density at radius 2 is 2.15 bits per heavy atom. The monoisotopic (exact) mass is 301 g/mol. The Labute approximate surface area is 122 Å². The first-order chi connectivity index (χ1) is 9.61. The summed E-state index contributed by atoms with van der Waals surface area (Å²) in [4.78, 5) is 14.1. The predicted octanol–water partition coefficient (Wildman–Crippen LogP) is 3.52. The maximum Gasteiger partial charge on any atom is 0.227 e. The predicted molar refractivity (Wildman–Crippen MR) is 74.8 cm³/mol. The third-order valence-electron chi connectivity index (χ3n) is 3.71. The first kappa shape index (κ1) is 15.2. The lowest BCUT2D eigenvalue weighted by Gasteiger charge is -2.24. The smallest absolute Gasteiger partial charge is 0.227 e. The van der Waals surface area contributed by atoms with Crippen LogP contribution in [0.25, 0.3) is 0 Å². The Bertz CT molecular complexity index is 481. The van der Waals surface area contributed by atoms with Crippen LogP contribution in [0.4, 0.5) is 8.78 Å². The number of rotatable bonds is 5. The van der Waals surface area contributed by atoms with Crippen molar-refractivity contribution in [1.29, 1.82) is 0 Å². The van der Waals surface area contributed by atoms with Gasteiger partial charge in [-0.3, -0.25) is 4.79 Å². The molecule has 20 heavy (non-hydrogen) atoms. The highest BCUT2D eigenvalue weighted by atomic mass is 35.5. The van der Waals surface area contributed by atoms with Gasteiger partial charge in [-0.2, -0.15) is 0 Å². The molecule has 0 saturated carbocycles. The van der Waals surface area contributed by atoms with Crippen molar-refractivity contribution in [1.82, 2.24) is 4.90 Å². The van der Waals surface area contributed by atoms with E-state index in [0.717, 1.165) is 44.4 Å². The second-order valence-electron chi connectivity index (χ2n) is 5.14. The fraction of sp³-hybridized carbons (Fsp3) is 0.533. The van der Waals surface area contributed by atoms with Crippen molar-refractivity contribution >= 4 is 17.5 Å². The third kappa shape index (κ3) is 3.69. The van der Waals surface area contributed by atoms with Crippen LogP contribution in [0.3, 0.4) is 0 Å². The minimum absolute atomic E-state index is 0.0203. The number of carbonyl (C=O) groups excluding carboxylic acids is 1. The van der Waals surface area contributed by atoms with E-state index in [4.69, 9.17) is 11.6 Å². The molecule has 0 N–H and O–H groups in total. The quantitative estimate of drug-likeness (QED) is 0.762. The molecular formula is C15H18ClF2NO. The lowest BCUT2D eigenvalue weighted by molar-refractivity contribution is -0.131. The van der Waals surface area contributed by atoms with Gasteiger partial charge in [0.05, 0.1) is 6.42 Å². The summed E-state index contributed by atoms with van der Waals surface area (Å²) in [5.41, 5.74) is 0.511. The van der Waals surface area contributed by atoms with Crippen LogP contribution < -0.4 is 0 Å². The molecule has 2 nitrogen and oxygen atoms in total. The lowest BCUT2D eigenvalue weighted by atomic mass is 10.1. The minimum atomic E-state index is -0.907. The topological polar surface area (TPSA) is 20.3 Å². The van der Waals surface area contributed by atoms with E-state index in [1.807, 2.05) is 4.90 Å². The van der Waals surface area contributed by atoms with Gasteiger partial charge >= 0.3 is 0 Å². The van der Waals surface area contributed by atoms with Gasteiger partial charge in [-0.1, -0.05) is 6.07 Å². The molecule has 0 radical (unpaired) electrons. The average molecular weight is 302 g/mol. The van der Waals surface area contributed by atoms with Crippen LogP contribution in [-0.2, 0) is 11.2 Å². The molecule has 1 aromatic carbocycles. The van der Waals surface area contributed by atoms with E-state index in [1.54, 1.807) is 0 Å². The van der Waals surface area contributed by atoms with E-state index in [9.17, 15) is 13.6 Å². The molecule has 0 bridgehead atoms. The minimum Gasteiger partial charge on any atom is -0.339 e. The number of halogens is 3. The summed E-state index contributed by atoms with van der Waals surface area (Å²) in [6, 6.07) is 3.86. The number of hydrogen-bond donors (Lipinski definition) is 0. The Morgan fingerprint density at radius 1 is 1.35 bits per heavy atom. The molecule has 0 aromatic heterocycles. The Balaban J connectivity index is 1.98. The summed E-state index contributed by atoms with van der Waals surface area (Å²) in [7, 11) is 0. The van der Waals surface area contributed by atoms with Gasteiger partial charge in [0, 0.05) is 18.5 Å². The van der Waals surface area contributed by atoms with E-state index >= 15 is 0 Å². The highest BCUT2D eigenvalue weighted by Gasteiger charge is 2.28. The normalized spacial score (nSPS) is 18.6. The van der Waals surface area contributed by atoms with Gasteiger partial charge in [0.25, 0.3) is 0 Å². The summed E-state index contributed by atoms with van der Waals surface area (Å²) >= 11 is 5.69. The first-order valence-corrected chi connectivity index (χ1v) is 7.44. The molecule has 0 aliphatic carbocycles. The largest absolute Gasteiger partial charge is 0.339 e. The number of alkyl halides is 1. The zero-order valence-corrected chi connectivity index (χ0v) is 12.0. The molecule has 110 valence electrons. The van der Waals surface area contributed by atoms with E-state index in [1.165, 1.54) is 6.07 Å². The van der Waals surface area contributed by atoms with E-state index in [2.05, 4.69) is 0 Å². The molecule has 1 heterocycles. The lowest BCUT2D eigenvalue weighted by Crippen LogP contribution is -2.36. The molecule has 1 amide bonds. The third-order valence-corrected chi connectivity index (χ3v) is 3.98. The number of amides is 1. The summed E-state index contributed by atoms with van der Waals surface area (Å²) < 4.78 is 26.0. The second kappa shape index (κ2) is 7.02. The van der Waals surface area contributed by atoms with Crippen molar-refractivity contribution in [2.45, 2.75) is 38.1 Å². The van der Waals surface area contributed by atoms with E-state index in [0.29, 0.717) is 11.4 Å². The maximum absolute atomic E-state index is 13.1. The van der Waals surface area contributed by atoms with Crippen molar-refractivity contribution < 1.29 is 13.6 Å². The molecule has 1 fully saturated rings. The summed E-state index contributed by atoms with van der Waals surface area (Å²) in [6.45, 7) is 0.745.